The van der Waals surface area contributed by atoms with Gasteiger partial charge >= 0.3 is 5.97 Å². The van der Waals surface area contributed by atoms with E-state index in [9.17, 15) is 68.1 Å². The number of carboxylic acid groups (broad SMARTS) is 1. The molecule has 3 unspecified atom stereocenters. The van der Waals surface area contributed by atoms with Crippen molar-refractivity contribution in [2.45, 2.75) is 302 Å². The summed E-state index contributed by atoms with van der Waals surface area (Å²) >= 11 is 0. The Morgan fingerprint density at radius 2 is 1.14 bits per heavy atom. The number of aromatic nitrogens is 1. The number of aliphatic carboxylic acids is 1. The van der Waals surface area contributed by atoms with Crippen LogP contribution in [-0.4, -0.2) is 211 Å². The first-order valence-corrected chi connectivity index (χ1v) is 43.7. The van der Waals surface area contributed by atoms with Crippen molar-refractivity contribution in [2.75, 3.05) is 6.54 Å². The van der Waals surface area contributed by atoms with Gasteiger partial charge in [0.1, 0.15) is 65.2 Å². The highest BCUT2D eigenvalue weighted by atomic mass is 16.4. The van der Waals surface area contributed by atoms with Gasteiger partial charge in [-0.05, 0) is 166 Å². The van der Waals surface area contributed by atoms with Gasteiger partial charge < -0.3 is 95.2 Å². The minimum atomic E-state index is -1.99. The lowest BCUT2D eigenvalue weighted by molar-refractivity contribution is -0.140. The highest BCUT2D eigenvalue weighted by Crippen LogP contribution is 2.35. The van der Waals surface area contributed by atoms with Crippen LogP contribution in [0.5, 0.6) is 5.75 Å². The normalized spacial score (nSPS) is 22.0. The van der Waals surface area contributed by atoms with Gasteiger partial charge in [0, 0.05) is 74.5 Å². The molecule has 19 N–H and O–H groups in total. The molecule has 0 bridgehead atoms. The Labute approximate surface area is 735 Å². The molecule has 4 aromatic rings. The highest BCUT2D eigenvalue weighted by molar-refractivity contribution is 6.41. The Bertz CT molecular complexity index is 4490. The molecule has 1 aromatic heterocycles. The van der Waals surface area contributed by atoms with Crippen LogP contribution in [0, 0.1) is 23.7 Å². The molecule has 6 rings (SSSR count). The van der Waals surface area contributed by atoms with E-state index in [-0.39, 0.29) is 81.9 Å². The van der Waals surface area contributed by atoms with Crippen molar-refractivity contribution < 1.29 is 96.8 Å². The maximum Gasteiger partial charge on any atom is 0.303 e. The zero-order valence-corrected chi connectivity index (χ0v) is 74.4. The third-order valence-corrected chi connectivity index (χ3v) is 23.1. The number of rotatable bonds is 36. The van der Waals surface area contributed by atoms with Gasteiger partial charge in [-0.25, -0.2) is 0 Å². The van der Waals surface area contributed by atoms with E-state index in [1.165, 1.54) is 86.6 Å². The number of carbonyl (C=O) groups excluding carboxylic acids is 16. The minimum Gasteiger partial charge on any atom is -0.508 e. The lowest BCUT2D eigenvalue weighted by Gasteiger charge is -2.34. The fraction of sp³-hybridized carbons (Fsp3) is 0.571. The van der Waals surface area contributed by atoms with E-state index < -0.39 is 208 Å². The zero-order chi connectivity index (χ0) is 93.3. The standard InChI is InChI=1S/C91H131N15O20/c1-51(2)44-70(99-59(10)108)85(122)104-75(58(9)107)87(124)102-72(46-61-28-21-20-22-29-61)86(123)106-91(12)43-26-19-17-15-13-14-16-18-25-42-90(11,88(125)98-57(8)81(118)97-56(7)80(117)96-55(6)79(116)95-54(5)77(114)76(113)53(4)93-49-52(3)78(92)115)105-82(119)63(45-60-30-27-31-60)36-40-73(110)69(48-64-50-94-67-33-24-23-32-66(64)67)100-84(121)71(47-62-34-37-65(109)38-35-62)101-83(120)68(103-89(91)126)39-41-74(111)112/h14,16,20-24,28-29,32-35,37-38,50-58,60,63,68-72,75,93-94,107,109H,13,15,17-19,25-27,30-31,36,39-49H2,1-12H3,(H2,92,115)(H,95,116)(H,96,117)(H,97,118)(H,98,125)(H,99,108)(H,100,121)(H,101,120)(H,102,124)(H,103,126)(H,104,122)(H,105,119)(H,106,123)(H,111,112)/b16-14+/t52-,53-,54-,55?,56-,57?,58+,63-,68-,69-,70-,71?,72-,75-,90-,91+/m0/s1. The molecule has 35 heteroatoms. The zero-order valence-electron chi connectivity index (χ0n) is 74.4. The smallest absolute Gasteiger partial charge is 0.303 e. The molecule has 126 heavy (non-hydrogen) atoms. The van der Waals surface area contributed by atoms with Crippen molar-refractivity contribution in [2.24, 2.45) is 29.4 Å². The SMILES string of the molecule is CC(=O)N[C@@H](CC(C)C)C(=O)N[C@H](C(=O)N[C@@H](Cc1ccccc1)C(=O)N[C@]1(C)CCCCCC/C=C/CCC[C@@](C)(C(=O)NC(C)C(=O)N[C@@H](C)C(=O)NC(C)C(=O)N[C@@H](C)C(=O)C(=O)[C@H](C)NC[C@H](C)C(N)=O)NC(=O)[C@H](CC2CCC2)CCC(=O)[C@H](Cc2c[nH]c3ccccc23)NC(=O)C(Cc2ccc(O)cc2)NC(=O)[C@H](CCC(=O)O)NC1=O)[C@@H](C)O. The molecule has 690 valence electrons. The number of hydrogen-bond acceptors (Lipinski definition) is 20. The molecule has 1 aliphatic heterocycles. The number of nitrogens with two attached hydrogens (primary N) is 1. The van der Waals surface area contributed by atoms with Crippen LogP contribution >= 0.6 is 0 Å². The highest BCUT2D eigenvalue weighted by Gasteiger charge is 2.44. The predicted octanol–water partition coefficient (Wildman–Crippen LogP) is 3.36. The lowest BCUT2D eigenvalue weighted by Crippen LogP contribution is -2.65. The molecule has 1 saturated carbocycles. The van der Waals surface area contributed by atoms with E-state index in [0.717, 1.165) is 19.3 Å². The van der Waals surface area contributed by atoms with Crippen molar-refractivity contribution >= 4 is 111 Å². The molecule has 2 heterocycles. The first kappa shape index (κ1) is 103. The van der Waals surface area contributed by atoms with Crippen LogP contribution in [0.4, 0.5) is 0 Å². The van der Waals surface area contributed by atoms with Crippen LogP contribution < -0.4 is 74.9 Å². The number of ketones is 3. The van der Waals surface area contributed by atoms with Gasteiger partial charge in [0.25, 0.3) is 0 Å². The second-order valence-electron chi connectivity index (χ2n) is 34.6. The fourth-order valence-corrected chi connectivity index (χ4v) is 14.9. The summed E-state index contributed by atoms with van der Waals surface area (Å²) in [5.74, 6) is -16.1. The Kier molecular flexibility index (Phi) is 40.7. The molecule has 13 amide bonds. The molecule has 35 nitrogen and oxygen atoms in total. The van der Waals surface area contributed by atoms with E-state index >= 15 is 28.8 Å². The van der Waals surface area contributed by atoms with Gasteiger partial charge in [0.05, 0.1) is 24.2 Å². The van der Waals surface area contributed by atoms with Crippen molar-refractivity contribution in [1.29, 1.82) is 0 Å². The molecule has 16 atom stereocenters. The van der Waals surface area contributed by atoms with Crippen LogP contribution in [0.3, 0.4) is 0 Å². The monoisotopic (exact) mass is 1750 g/mol. The summed E-state index contributed by atoms with van der Waals surface area (Å²) < 4.78 is 0. The number of fused-ring (bicyclic) bond motifs is 1. The van der Waals surface area contributed by atoms with Crippen molar-refractivity contribution in [3.8, 4) is 5.75 Å². The summed E-state index contributed by atoms with van der Waals surface area (Å²) in [5, 5.41) is 67.2. The number of aromatic hydroxyl groups is 1. The molecule has 2 aliphatic rings. The van der Waals surface area contributed by atoms with E-state index in [2.05, 4.69) is 74.1 Å². The number of phenolic OH excluding ortho intramolecular Hbond substituents is 1. The predicted molar refractivity (Wildman–Crippen MR) is 469 cm³/mol. The quantitative estimate of drug-likeness (QED) is 0.0229. The summed E-state index contributed by atoms with van der Waals surface area (Å²) in [6.45, 7) is 17.3. The topological polar surface area (TPSA) is 549 Å². The molecule has 0 spiro atoms. The fourth-order valence-electron chi connectivity index (χ4n) is 14.9. The van der Waals surface area contributed by atoms with Gasteiger partial charge in [-0.2, -0.15) is 0 Å². The number of allylic oxidation sites excluding steroid dienone is 2. The van der Waals surface area contributed by atoms with E-state index in [4.69, 9.17) is 5.73 Å². The second kappa shape index (κ2) is 49.8. The van der Waals surface area contributed by atoms with Crippen LogP contribution in [-0.2, 0) is 101 Å². The molecular weight excluding hydrogens is 1620 g/mol. The molecule has 1 aliphatic carbocycles. The number of primary amides is 1. The Balaban J connectivity index is 1.34. The van der Waals surface area contributed by atoms with Crippen molar-refractivity contribution in [3.05, 3.63) is 114 Å². The number of aliphatic hydroxyl groups excluding tert-OH is 1. The molecular formula is C91H131N15O20. The first-order valence-electron chi connectivity index (χ1n) is 43.7. The number of hydrogen-bond donors (Lipinski definition) is 18. The Hall–Kier alpha value is -11.8. The number of H-pyrrole nitrogens is 1. The van der Waals surface area contributed by atoms with Crippen LogP contribution in [0.25, 0.3) is 10.9 Å². The molecule has 0 radical (unpaired) electrons. The number of aromatic amines is 1. The van der Waals surface area contributed by atoms with Gasteiger partial charge in [-0.3, -0.25) is 81.5 Å². The Morgan fingerprint density at radius 3 is 1.75 bits per heavy atom. The maximum atomic E-state index is 15.5. The number of carbonyl (C=O) groups is 17. The number of Topliss-reactive ketones (excluding diaryl/α,β-unsaturated/α-hetero) is 3. The molecule has 0 saturated heterocycles. The summed E-state index contributed by atoms with van der Waals surface area (Å²) in [5.41, 5.74) is 3.80. The van der Waals surface area contributed by atoms with Gasteiger partial charge in [0.2, 0.25) is 88.4 Å². The molecule has 1 fully saturated rings. The van der Waals surface area contributed by atoms with E-state index in [1.807, 2.05) is 38.1 Å². The number of phenols is 1. The number of aliphatic hydroxyl groups is 1. The number of benzene rings is 3. The minimum absolute atomic E-state index is 0.0170. The average molecular weight is 1760 g/mol. The van der Waals surface area contributed by atoms with Crippen LogP contribution in [0.15, 0.2) is 97.2 Å². The van der Waals surface area contributed by atoms with Crippen molar-refractivity contribution in [3.63, 3.8) is 0 Å². The third kappa shape index (κ3) is 33.0. The Morgan fingerprint density at radius 1 is 0.556 bits per heavy atom. The van der Waals surface area contributed by atoms with Gasteiger partial charge in [-0.15, -0.1) is 0 Å². The number of amides is 13. The third-order valence-electron chi connectivity index (χ3n) is 23.1. The summed E-state index contributed by atoms with van der Waals surface area (Å²) in [4.78, 5) is 241. The maximum absolute atomic E-state index is 15.5. The summed E-state index contributed by atoms with van der Waals surface area (Å²) in [6.07, 6.45) is 7.62. The van der Waals surface area contributed by atoms with Crippen molar-refractivity contribution in [1.82, 2.24) is 74.1 Å². The molecule has 3 aromatic carbocycles. The van der Waals surface area contributed by atoms with E-state index in [1.54, 1.807) is 55.6 Å². The largest absolute Gasteiger partial charge is 0.508 e. The lowest BCUT2D eigenvalue weighted by atomic mass is 9.77. The van der Waals surface area contributed by atoms with Crippen LogP contribution in [0.1, 0.15) is 215 Å². The number of carboxylic acids is 1. The van der Waals surface area contributed by atoms with E-state index in [0.29, 0.717) is 72.5 Å². The summed E-state index contributed by atoms with van der Waals surface area (Å²) in [7, 11) is 0. The summed E-state index contributed by atoms with van der Waals surface area (Å²) in [6, 6.07) is 6.02. The van der Waals surface area contributed by atoms with Crippen LogP contribution in [0.2, 0.25) is 0 Å². The van der Waals surface area contributed by atoms with Gasteiger partial charge in [0.15, 0.2) is 5.78 Å². The first-order chi connectivity index (χ1) is 59.5. The van der Waals surface area contributed by atoms with Gasteiger partial charge in [-0.1, -0.05) is 132 Å². The number of nitrogens with one attached hydrogen (secondary N) is 14. The average Bonchev–Trinajstić information content (AvgIpc) is 1.50. The second-order valence-corrected chi connectivity index (χ2v) is 34.6. The number of para-hydroxylation sites is 1.